The standard InChI is InChI=1S/C20H18N6O2S/c1-12-23-16(10-29-12)13-3-4-17-14(7-13)5-6-26(17)18(27)9-25-11-21-19-15(20(25)28)8-22-24(19)2/h3-4,7-8,10-11H,5-6,9H2,1-2H3. The van der Waals surface area contributed by atoms with E-state index in [4.69, 9.17) is 0 Å². The monoisotopic (exact) mass is 406 g/mol. The lowest BCUT2D eigenvalue weighted by atomic mass is 10.1. The van der Waals surface area contributed by atoms with E-state index in [-0.39, 0.29) is 18.0 Å². The molecule has 0 radical (unpaired) electrons. The maximum atomic E-state index is 12.9. The van der Waals surface area contributed by atoms with Crippen LogP contribution in [0, 0.1) is 6.92 Å². The summed E-state index contributed by atoms with van der Waals surface area (Å²) in [6, 6.07) is 6.07. The van der Waals surface area contributed by atoms with E-state index in [9.17, 15) is 9.59 Å². The van der Waals surface area contributed by atoms with Crippen molar-refractivity contribution in [1.82, 2.24) is 24.3 Å². The van der Waals surface area contributed by atoms with Crippen LogP contribution >= 0.6 is 11.3 Å². The first kappa shape index (κ1) is 17.7. The van der Waals surface area contributed by atoms with Gasteiger partial charge in [0.15, 0.2) is 5.65 Å². The molecule has 4 aromatic rings. The number of anilines is 1. The van der Waals surface area contributed by atoms with Crippen molar-refractivity contribution in [2.24, 2.45) is 7.05 Å². The van der Waals surface area contributed by atoms with Crippen LogP contribution in [-0.4, -0.2) is 36.8 Å². The molecular weight excluding hydrogens is 388 g/mol. The van der Waals surface area contributed by atoms with Crippen molar-refractivity contribution in [1.29, 1.82) is 0 Å². The highest BCUT2D eigenvalue weighted by Crippen LogP contribution is 2.32. The van der Waals surface area contributed by atoms with Crippen LogP contribution in [0.2, 0.25) is 0 Å². The average molecular weight is 406 g/mol. The Morgan fingerprint density at radius 1 is 1.31 bits per heavy atom. The van der Waals surface area contributed by atoms with Crippen molar-refractivity contribution >= 4 is 34.0 Å². The van der Waals surface area contributed by atoms with Crippen LogP contribution in [0.25, 0.3) is 22.3 Å². The topological polar surface area (TPSA) is 85.9 Å². The first-order valence-corrected chi connectivity index (χ1v) is 10.1. The number of benzene rings is 1. The van der Waals surface area contributed by atoms with Crippen molar-refractivity contribution < 1.29 is 4.79 Å². The molecule has 0 fully saturated rings. The Labute approximate surface area is 170 Å². The third-order valence-corrected chi connectivity index (χ3v) is 5.99. The Hall–Kier alpha value is -3.33. The second kappa shape index (κ2) is 6.63. The maximum absolute atomic E-state index is 12.9. The Balaban J connectivity index is 1.41. The fraction of sp³-hybridized carbons (Fsp3) is 0.250. The molecule has 4 heterocycles. The van der Waals surface area contributed by atoms with Crippen LogP contribution in [0.4, 0.5) is 5.69 Å². The number of hydrogen-bond acceptors (Lipinski definition) is 6. The third kappa shape index (κ3) is 2.94. The minimum Gasteiger partial charge on any atom is -0.310 e. The molecule has 1 amide bonds. The van der Waals surface area contributed by atoms with E-state index in [2.05, 4.69) is 21.1 Å². The zero-order valence-electron chi connectivity index (χ0n) is 16.0. The molecule has 1 aromatic carbocycles. The second-order valence-electron chi connectivity index (χ2n) is 7.07. The Morgan fingerprint density at radius 2 is 2.17 bits per heavy atom. The first-order chi connectivity index (χ1) is 14.0. The lowest BCUT2D eigenvalue weighted by Gasteiger charge is -2.18. The molecule has 0 spiro atoms. The van der Waals surface area contributed by atoms with Gasteiger partial charge >= 0.3 is 0 Å². The third-order valence-electron chi connectivity index (χ3n) is 5.21. The van der Waals surface area contributed by atoms with E-state index in [0.717, 1.165) is 33.9 Å². The lowest BCUT2D eigenvalue weighted by molar-refractivity contribution is -0.119. The molecule has 9 heteroatoms. The summed E-state index contributed by atoms with van der Waals surface area (Å²) in [7, 11) is 1.73. The van der Waals surface area contributed by atoms with Crippen LogP contribution in [0.1, 0.15) is 10.6 Å². The molecule has 0 bridgehead atoms. The van der Waals surface area contributed by atoms with E-state index in [1.807, 2.05) is 24.4 Å². The molecule has 0 aliphatic carbocycles. The smallest absolute Gasteiger partial charge is 0.264 e. The fourth-order valence-electron chi connectivity index (χ4n) is 3.73. The number of amides is 1. The molecule has 146 valence electrons. The summed E-state index contributed by atoms with van der Waals surface area (Å²) in [6.45, 7) is 2.54. The minimum atomic E-state index is -0.259. The number of aromatic nitrogens is 5. The quantitative estimate of drug-likeness (QED) is 0.520. The van der Waals surface area contributed by atoms with Gasteiger partial charge in [0.2, 0.25) is 5.91 Å². The van der Waals surface area contributed by atoms with Crippen molar-refractivity contribution in [3.63, 3.8) is 0 Å². The summed E-state index contributed by atoms with van der Waals surface area (Å²) in [5.41, 5.74) is 4.29. The van der Waals surface area contributed by atoms with Gasteiger partial charge in [0.25, 0.3) is 5.56 Å². The van der Waals surface area contributed by atoms with Crippen LogP contribution in [-0.2, 0) is 24.8 Å². The number of fused-ring (bicyclic) bond motifs is 2. The molecule has 0 N–H and O–H groups in total. The second-order valence-corrected chi connectivity index (χ2v) is 8.14. The summed E-state index contributed by atoms with van der Waals surface area (Å²) in [4.78, 5) is 36.1. The molecule has 0 saturated carbocycles. The van der Waals surface area contributed by atoms with Crippen LogP contribution in [0.3, 0.4) is 0 Å². The maximum Gasteiger partial charge on any atom is 0.264 e. The van der Waals surface area contributed by atoms with E-state index in [1.165, 1.54) is 17.1 Å². The minimum absolute atomic E-state index is 0.0524. The van der Waals surface area contributed by atoms with E-state index >= 15 is 0 Å². The summed E-state index contributed by atoms with van der Waals surface area (Å²) < 4.78 is 2.89. The van der Waals surface area contributed by atoms with E-state index < -0.39 is 0 Å². The number of carbonyl (C=O) groups is 1. The van der Waals surface area contributed by atoms with E-state index in [0.29, 0.717) is 17.6 Å². The molecule has 1 aliphatic rings. The number of rotatable bonds is 3. The summed E-state index contributed by atoms with van der Waals surface area (Å²) in [5.74, 6) is -0.131. The molecule has 0 unspecified atom stereocenters. The number of hydrogen-bond donors (Lipinski definition) is 0. The lowest BCUT2D eigenvalue weighted by Crippen LogP contribution is -2.35. The van der Waals surface area contributed by atoms with Gasteiger partial charge in [-0.2, -0.15) is 5.10 Å². The van der Waals surface area contributed by atoms with Crippen molar-refractivity contribution in [2.75, 3.05) is 11.4 Å². The molecule has 29 heavy (non-hydrogen) atoms. The Kier molecular flexibility index (Phi) is 4.06. The Morgan fingerprint density at radius 3 is 2.97 bits per heavy atom. The summed E-state index contributed by atoms with van der Waals surface area (Å²) in [6.07, 6.45) is 3.68. The van der Waals surface area contributed by atoms with Gasteiger partial charge in [-0.3, -0.25) is 18.8 Å². The number of nitrogens with zero attached hydrogens (tertiary/aromatic N) is 6. The predicted octanol–water partition coefficient (Wildman–Crippen LogP) is 2.15. The SMILES string of the molecule is Cc1nc(-c2ccc3c(c2)CCN3C(=O)Cn2cnc3c(cnn3C)c2=O)cs1. The van der Waals surface area contributed by atoms with Crippen molar-refractivity contribution in [2.45, 2.75) is 19.9 Å². The van der Waals surface area contributed by atoms with Gasteiger partial charge in [-0.25, -0.2) is 9.97 Å². The molecule has 8 nitrogen and oxygen atoms in total. The predicted molar refractivity (Wildman–Crippen MR) is 111 cm³/mol. The highest BCUT2D eigenvalue weighted by atomic mass is 32.1. The number of thiazole rings is 1. The van der Waals surface area contributed by atoms with E-state index in [1.54, 1.807) is 28.0 Å². The summed E-state index contributed by atoms with van der Waals surface area (Å²) >= 11 is 1.62. The van der Waals surface area contributed by atoms with Gasteiger partial charge in [-0.15, -0.1) is 11.3 Å². The highest BCUT2D eigenvalue weighted by molar-refractivity contribution is 7.09. The molecule has 5 rings (SSSR count). The van der Waals surface area contributed by atoms with Crippen LogP contribution < -0.4 is 10.5 Å². The van der Waals surface area contributed by atoms with Crippen molar-refractivity contribution in [3.8, 4) is 11.3 Å². The molecule has 3 aromatic heterocycles. The van der Waals surface area contributed by atoms with Gasteiger partial charge < -0.3 is 4.90 Å². The van der Waals surface area contributed by atoms with Gasteiger partial charge in [0.05, 0.1) is 16.9 Å². The van der Waals surface area contributed by atoms with Gasteiger partial charge in [-0.05, 0) is 31.0 Å². The molecule has 1 aliphatic heterocycles. The highest BCUT2D eigenvalue weighted by Gasteiger charge is 2.26. The zero-order chi connectivity index (χ0) is 20.1. The molecule has 0 atom stereocenters. The number of carbonyl (C=O) groups excluding carboxylic acids is 1. The largest absolute Gasteiger partial charge is 0.310 e. The summed E-state index contributed by atoms with van der Waals surface area (Å²) in [5, 5.41) is 7.54. The van der Waals surface area contributed by atoms with Gasteiger partial charge in [0, 0.05) is 30.2 Å². The molecule has 0 saturated heterocycles. The first-order valence-electron chi connectivity index (χ1n) is 9.24. The zero-order valence-corrected chi connectivity index (χ0v) is 16.8. The fourth-order valence-corrected chi connectivity index (χ4v) is 4.35. The van der Waals surface area contributed by atoms with Crippen LogP contribution in [0.15, 0.2) is 40.9 Å². The van der Waals surface area contributed by atoms with Crippen LogP contribution in [0.5, 0.6) is 0 Å². The normalized spacial score (nSPS) is 13.2. The Bertz CT molecular complexity index is 1320. The molecular formula is C20H18N6O2S. The average Bonchev–Trinajstić information content (AvgIpc) is 3.42. The van der Waals surface area contributed by atoms with Crippen molar-refractivity contribution in [3.05, 3.63) is 57.0 Å². The van der Waals surface area contributed by atoms with Gasteiger partial charge in [-0.1, -0.05) is 6.07 Å². The van der Waals surface area contributed by atoms with Gasteiger partial charge in [0.1, 0.15) is 18.3 Å². The number of aryl methyl sites for hydroxylation is 2.